The molecule has 0 aromatic heterocycles. The molecule has 3 rings (SSSR count). The molecule has 1 heterocycles. The van der Waals surface area contributed by atoms with E-state index in [0.29, 0.717) is 10.7 Å². The Balaban J connectivity index is 1.84. The van der Waals surface area contributed by atoms with Crippen molar-refractivity contribution in [2.45, 2.75) is 33.2 Å². The zero-order chi connectivity index (χ0) is 17.4. The summed E-state index contributed by atoms with van der Waals surface area (Å²) in [5.74, 6) is -0.471. The standard InChI is InChI=1S/C19H19ClN2O2/c1-11-6-12(2)8-14(7-11)21-17-10-18(23)22(19(17)24)15-5-4-13(3)16(20)9-15/h4-9,17,21H,10H2,1-3H3/t17-/m0/s1. The number of nitrogens with zero attached hydrogens (tertiary/aromatic N) is 1. The third-order valence-corrected chi connectivity index (χ3v) is 4.53. The lowest BCUT2D eigenvalue weighted by atomic mass is 10.1. The second-order valence-corrected chi connectivity index (χ2v) is 6.69. The molecule has 0 bridgehead atoms. The van der Waals surface area contributed by atoms with Crippen LogP contribution in [0.3, 0.4) is 0 Å². The van der Waals surface area contributed by atoms with Gasteiger partial charge in [-0.1, -0.05) is 23.7 Å². The highest BCUT2D eigenvalue weighted by Crippen LogP contribution is 2.29. The van der Waals surface area contributed by atoms with Crippen LogP contribution in [0.5, 0.6) is 0 Å². The lowest BCUT2D eigenvalue weighted by molar-refractivity contribution is -0.121. The summed E-state index contributed by atoms with van der Waals surface area (Å²) in [4.78, 5) is 26.2. The Bertz CT molecular complexity index is 812. The number of amides is 2. The molecule has 0 unspecified atom stereocenters. The Labute approximate surface area is 146 Å². The van der Waals surface area contributed by atoms with Crippen LogP contribution in [-0.4, -0.2) is 17.9 Å². The first kappa shape index (κ1) is 16.5. The van der Waals surface area contributed by atoms with Gasteiger partial charge in [-0.25, -0.2) is 4.90 Å². The summed E-state index contributed by atoms with van der Waals surface area (Å²) < 4.78 is 0. The Morgan fingerprint density at radius 2 is 1.71 bits per heavy atom. The van der Waals surface area contributed by atoms with Crippen molar-refractivity contribution in [1.82, 2.24) is 0 Å². The number of aryl methyl sites for hydroxylation is 3. The van der Waals surface area contributed by atoms with E-state index in [9.17, 15) is 9.59 Å². The molecular weight excluding hydrogens is 324 g/mol. The number of imide groups is 1. The van der Waals surface area contributed by atoms with E-state index in [1.54, 1.807) is 12.1 Å². The van der Waals surface area contributed by atoms with Crippen LogP contribution in [-0.2, 0) is 9.59 Å². The van der Waals surface area contributed by atoms with Gasteiger partial charge in [0.1, 0.15) is 6.04 Å². The van der Waals surface area contributed by atoms with Crippen molar-refractivity contribution in [3.8, 4) is 0 Å². The van der Waals surface area contributed by atoms with E-state index in [1.165, 1.54) is 4.90 Å². The number of carbonyl (C=O) groups excluding carboxylic acids is 2. The molecule has 1 aliphatic rings. The lowest BCUT2D eigenvalue weighted by Gasteiger charge is -2.17. The SMILES string of the molecule is Cc1cc(C)cc(N[C@H]2CC(=O)N(c3ccc(C)c(Cl)c3)C2=O)c1. The molecule has 1 saturated heterocycles. The fraction of sp³-hybridized carbons (Fsp3) is 0.263. The van der Waals surface area contributed by atoms with Gasteiger partial charge in [-0.3, -0.25) is 9.59 Å². The van der Waals surface area contributed by atoms with Gasteiger partial charge in [0.15, 0.2) is 0 Å². The van der Waals surface area contributed by atoms with Gasteiger partial charge in [-0.2, -0.15) is 0 Å². The zero-order valence-corrected chi connectivity index (χ0v) is 14.6. The summed E-state index contributed by atoms with van der Waals surface area (Å²) in [5, 5.41) is 3.72. The van der Waals surface area contributed by atoms with Crippen LogP contribution in [0.1, 0.15) is 23.1 Å². The Morgan fingerprint density at radius 1 is 1.04 bits per heavy atom. The minimum atomic E-state index is -0.557. The van der Waals surface area contributed by atoms with Gasteiger partial charge in [0, 0.05) is 10.7 Å². The summed E-state index contributed by atoms with van der Waals surface area (Å²) in [7, 11) is 0. The Kier molecular flexibility index (Phi) is 4.33. The molecule has 2 amide bonds. The molecule has 1 atom stereocenters. The molecule has 0 saturated carbocycles. The van der Waals surface area contributed by atoms with Gasteiger partial charge in [-0.15, -0.1) is 0 Å². The van der Waals surface area contributed by atoms with Crippen molar-refractivity contribution < 1.29 is 9.59 Å². The summed E-state index contributed by atoms with van der Waals surface area (Å²) in [6.07, 6.45) is 0.136. The molecule has 1 aliphatic heterocycles. The largest absolute Gasteiger partial charge is 0.373 e. The summed E-state index contributed by atoms with van der Waals surface area (Å²) in [5.41, 5.74) is 4.49. The lowest BCUT2D eigenvalue weighted by Crippen LogP contribution is -2.34. The van der Waals surface area contributed by atoms with Gasteiger partial charge in [0.25, 0.3) is 5.91 Å². The van der Waals surface area contributed by atoms with Crippen LogP contribution in [0.2, 0.25) is 5.02 Å². The Morgan fingerprint density at radius 3 is 2.33 bits per heavy atom. The highest BCUT2D eigenvalue weighted by Gasteiger charge is 2.39. The van der Waals surface area contributed by atoms with Gasteiger partial charge in [0.2, 0.25) is 5.91 Å². The first-order valence-corrected chi connectivity index (χ1v) is 8.21. The van der Waals surface area contributed by atoms with Crippen LogP contribution in [0.25, 0.3) is 0 Å². The average Bonchev–Trinajstić information content (AvgIpc) is 2.75. The highest BCUT2D eigenvalue weighted by atomic mass is 35.5. The number of benzene rings is 2. The topological polar surface area (TPSA) is 49.4 Å². The first-order valence-electron chi connectivity index (χ1n) is 7.83. The van der Waals surface area contributed by atoms with Crippen molar-refractivity contribution in [2.75, 3.05) is 10.2 Å². The molecular formula is C19H19ClN2O2. The highest BCUT2D eigenvalue weighted by molar-refractivity contribution is 6.32. The molecule has 124 valence electrons. The predicted molar refractivity (Wildman–Crippen MR) is 96.6 cm³/mol. The van der Waals surface area contributed by atoms with Crippen LogP contribution >= 0.6 is 11.6 Å². The number of nitrogens with one attached hydrogen (secondary N) is 1. The van der Waals surface area contributed by atoms with E-state index in [4.69, 9.17) is 11.6 Å². The van der Waals surface area contributed by atoms with Crippen molar-refractivity contribution in [3.05, 3.63) is 58.1 Å². The van der Waals surface area contributed by atoms with Crippen molar-refractivity contribution in [2.24, 2.45) is 0 Å². The smallest absolute Gasteiger partial charge is 0.256 e. The van der Waals surface area contributed by atoms with Gasteiger partial charge < -0.3 is 5.32 Å². The minimum absolute atomic E-state index is 0.136. The van der Waals surface area contributed by atoms with E-state index >= 15 is 0 Å². The summed E-state index contributed by atoms with van der Waals surface area (Å²) in [6.45, 7) is 5.88. The second kappa shape index (κ2) is 6.29. The molecule has 1 fully saturated rings. The monoisotopic (exact) mass is 342 g/mol. The maximum atomic E-state index is 12.7. The first-order chi connectivity index (χ1) is 11.3. The number of halogens is 1. The second-order valence-electron chi connectivity index (χ2n) is 6.28. The van der Waals surface area contributed by atoms with E-state index in [1.807, 2.05) is 39.0 Å². The average molecular weight is 343 g/mol. The number of hydrogen-bond donors (Lipinski definition) is 1. The third kappa shape index (κ3) is 3.15. The molecule has 4 nitrogen and oxygen atoms in total. The predicted octanol–water partition coefficient (Wildman–Crippen LogP) is 4.01. The van der Waals surface area contributed by atoms with Gasteiger partial charge >= 0.3 is 0 Å². The Hall–Kier alpha value is -2.33. The molecule has 0 spiro atoms. The van der Waals surface area contributed by atoms with E-state index in [2.05, 4.69) is 11.4 Å². The number of rotatable bonds is 3. The van der Waals surface area contributed by atoms with Crippen molar-refractivity contribution >= 4 is 34.8 Å². The molecule has 2 aromatic carbocycles. The van der Waals surface area contributed by atoms with Crippen molar-refractivity contribution in [1.29, 1.82) is 0 Å². The molecule has 0 aliphatic carbocycles. The number of carbonyl (C=O) groups is 2. The number of hydrogen-bond acceptors (Lipinski definition) is 3. The third-order valence-electron chi connectivity index (χ3n) is 4.12. The molecule has 24 heavy (non-hydrogen) atoms. The molecule has 2 aromatic rings. The van der Waals surface area contributed by atoms with Crippen LogP contribution in [0.15, 0.2) is 36.4 Å². The molecule has 5 heteroatoms. The van der Waals surface area contributed by atoms with Gasteiger partial charge in [-0.05, 0) is 61.7 Å². The molecule has 0 radical (unpaired) electrons. The fourth-order valence-corrected chi connectivity index (χ4v) is 3.17. The van der Waals surface area contributed by atoms with Crippen LogP contribution in [0.4, 0.5) is 11.4 Å². The fourth-order valence-electron chi connectivity index (χ4n) is 3.00. The maximum Gasteiger partial charge on any atom is 0.256 e. The normalized spacial score (nSPS) is 17.5. The molecule has 1 N–H and O–H groups in total. The van der Waals surface area contributed by atoms with E-state index in [0.717, 1.165) is 22.4 Å². The minimum Gasteiger partial charge on any atom is -0.373 e. The van der Waals surface area contributed by atoms with E-state index in [-0.39, 0.29) is 18.2 Å². The maximum absolute atomic E-state index is 12.7. The van der Waals surface area contributed by atoms with Crippen molar-refractivity contribution in [3.63, 3.8) is 0 Å². The van der Waals surface area contributed by atoms with Gasteiger partial charge in [0.05, 0.1) is 12.1 Å². The zero-order valence-electron chi connectivity index (χ0n) is 13.9. The van der Waals surface area contributed by atoms with E-state index < -0.39 is 6.04 Å². The summed E-state index contributed by atoms with van der Waals surface area (Å²) >= 11 is 6.12. The van der Waals surface area contributed by atoms with Crippen LogP contribution < -0.4 is 10.2 Å². The number of anilines is 2. The van der Waals surface area contributed by atoms with Crippen LogP contribution in [0, 0.1) is 20.8 Å². The quantitative estimate of drug-likeness (QED) is 0.857. The summed E-state index contributed by atoms with van der Waals surface area (Å²) in [6, 6.07) is 10.7.